The summed E-state index contributed by atoms with van der Waals surface area (Å²) < 4.78 is 11.6. The summed E-state index contributed by atoms with van der Waals surface area (Å²) >= 11 is 9.12. The van der Waals surface area contributed by atoms with Crippen LogP contribution in [-0.2, 0) is 39.7 Å². The van der Waals surface area contributed by atoms with Crippen LogP contribution in [0.25, 0.3) is 0 Å². The van der Waals surface area contributed by atoms with Gasteiger partial charge >= 0.3 is 172 Å². The first-order valence-corrected chi connectivity index (χ1v) is 18.9. The molecule has 6 heteroatoms. The Bertz CT molecular complexity index is 381. The molecule has 2 nitrogen and oxygen atoms in total. The van der Waals surface area contributed by atoms with Crippen LogP contribution in [0.2, 0.25) is 0 Å². The Labute approximate surface area is 223 Å². The molecule has 0 aliphatic heterocycles. The average molecular weight is 590 g/mol. The van der Waals surface area contributed by atoms with Gasteiger partial charge in [0.15, 0.2) is 0 Å². The molecule has 193 valence electrons. The van der Waals surface area contributed by atoms with Gasteiger partial charge in [-0.25, -0.2) is 0 Å². The summed E-state index contributed by atoms with van der Waals surface area (Å²) in [6.45, 7) is 5.34. The Morgan fingerprint density at radius 1 is 0.562 bits per heavy atom. The molecule has 0 aliphatic rings. The fourth-order valence-corrected chi connectivity index (χ4v) is 8.83. The van der Waals surface area contributed by atoms with E-state index in [-0.39, 0.29) is 0 Å². The minimum absolute atomic E-state index is 0.773. The average Bonchev–Trinajstić information content (AvgIpc) is 2.80. The van der Waals surface area contributed by atoms with Gasteiger partial charge in [-0.05, 0) is 0 Å². The number of rotatable bonds is 27. The minimum atomic E-state index is -2.11. The second-order valence-electron chi connectivity index (χ2n) is 9.26. The van der Waals surface area contributed by atoms with Crippen molar-refractivity contribution in [3.63, 3.8) is 0 Å². The van der Waals surface area contributed by atoms with E-state index in [1.165, 1.54) is 135 Å². The zero-order valence-electron chi connectivity index (χ0n) is 21.5. The van der Waals surface area contributed by atoms with Gasteiger partial charge in [-0.15, -0.1) is 0 Å². The van der Waals surface area contributed by atoms with Crippen molar-refractivity contribution in [3.8, 4) is 0 Å². The SMILES string of the molecule is CCCCCCCCCCCCCOP(=S)([O][Mo])SCCCCCCCCCCCCC. The molecule has 0 saturated heterocycles. The van der Waals surface area contributed by atoms with Crippen LogP contribution in [0.5, 0.6) is 0 Å². The van der Waals surface area contributed by atoms with Crippen LogP contribution < -0.4 is 0 Å². The predicted octanol–water partition coefficient (Wildman–Crippen LogP) is 11.1. The molecule has 0 aromatic rings. The molecule has 1 unspecified atom stereocenters. The smallest absolute Gasteiger partial charge is 0.0654 e. The fourth-order valence-electron chi connectivity index (χ4n) is 3.97. The third-order valence-corrected chi connectivity index (χ3v) is 14.1. The molecular formula is C26H54MoO2PS2. The van der Waals surface area contributed by atoms with Crippen LogP contribution in [-0.4, -0.2) is 12.4 Å². The van der Waals surface area contributed by atoms with Gasteiger partial charge in [-0.3, -0.25) is 0 Å². The number of hydrogen-bond acceptors (Lipinski definition) is 4. The molecule has 0 aliphatic carbocycles. The van der Waals surface area contributed by atoms with Crippen molar-refractivity contribution in [1.82, 2.24) is 0 Å². The van der Waals surface area contributed by atoms with Crippen LogP contribution in [0.4, 0.5) is 0 Å². The monoisotopic (exact) mass is 591 g/mol. The van der Waals surface area contributed by atoms with E-state index in [2.05, 4.69) is 13.8 Å². The second kappa shape index (κ2) is 27.2. The van der Waals surface area contributed by atoms with Crippen molar-refractivity contribution in [3.05, 3.63) is 0 Å². The van der Waals surface area contributed by atoms with E-state index in [0.29, 0.717) is 0 Å². The molecule has 0 saturated carbocycles. The third-order valence-electron chi connectivity index (χ3n) is 6.09. The summed E-state index contributed by atoms with van der Waals surface area (Å²) in [5.41, 5.74) is -2.11. The zero-order valence-corrected chi connectivity index (χ0v) is 26.0. The first-order valence-electron chi connectivity index (χ1n) is 13.9. The van der Waals surface area contributed by atoms with E-state index in [1.807, 2.05) is 0 Å². The second-order valence-corrected chi connectivity index (χ2v) is 16.7. The molecule has 0 rings (SSSR count). The normalized spacial score (nSPS) is 13.4. The third kappa shape index (κ3) is 24.7. The molecule has 32 heavy (non-hydrogen) atoms. The van der Waals surface area contributed by atoms with Crippen LogP contribution in [0, 0.1) is 0 Å². The molecule has 0 aromatic carbocycles. The number of hydrogen-bond donors (Lipinski definition) is 0. The molecule has 0 bridgehead atoms. The summed E-state index contributed by atoms with van der Waals surface area (Å²) in [5.74, 6) is 1.09. The summed E-state index contributed by atoms with van der Waals surface area (Å²) in [7, 11) is 0. The quantitative estimate of drug-likeness (QED) is 0.0539. The molecule has 0 fully saturated rings. The van der Waals surface area contributed by atoms with Crippen molar-refractivity contribution in [2.45, 2.75) is 155 Å². The van der Waals surface area contributed by atoms with E-state index in [4.69, 9.17) is 19.5 Å². The van der Waals surface area contributed by atoms with E-state index in [0.717, 1.165) is 18.8 Å². The minimum Gasteiger partial charge on any atom is -0.0654 e. The first-order chi connectivity index (χ1) is 15.7. The van der Waals surface area contributed by atoms with E-state index >= 15 is 0 Å². The molecule has 0 spiro atoms. The molecular weight excluding hydrogens is 535 g/mol. The molecule has 1 atom stereocenters. The summed E-state index contributed by atoms with van der Waals surface area (Å²) in [6.07, 6.45) is 30.2. The predicted molar refractivity (Wildman–Crippen MR) is 147 cm³/mol. The summed E-state index contributed by atoms with van der Waals surface area (Å²) in [4.78, 5) is 0. The Hall–Kier alpha value is 1.61. The van der Waals surface area contributed by atoms with Gasteiger partial charge in [0, 0.05) is 0 Å². The molecule has 0 amide bonds. The zero-order chi connectivity index (χ0) is 23.6. The number of unbranched alkanes of at least 4 members (excludes halogenated alkanes) is 20. The van der Waals surface area contributed by atoms with Crippen molar-refractivity contribution in [2.75, 3.05) is 12.4 Å². The van der Waals surface area contributed by atoms with Gasteiger partial charge in [0.1, 0.15) is 0 Å². The maximum atomic E-state index is 6.03. The molecule has 0 aromatic heterocycles. The Morgan fingerprint density at radius 3 is 1.28 bits per heavy atom. The van der Waals surface area contributed by atoms with Gasteiger partial charge in [0.05, 0.1) is 0 Å². The van der Waals surface area contributed by atoms with Crippen molar-refractivity contribution in [1.29, 1.82) is 0 Å². The van der Waals surface area contributed by atoms with Gasteiger partial charge < -0.3 is 0 Å². The van der Waals surface area contributed by atoms with Gasteiger partial charge in [-0.2, -0.15) is 0 Å². The Balaban J connectivity index is 3.45. The van der Waals surface area contributed by atoms with Crippen LogP contribution in [0.1, 0.15) is 155 Å². The van der Waals surface area contributed by atoms with E-state index in [1.54, 1.807) is 31.6 Å². The Morgan fingerprint density at radius 2 is 0.906 bits per heavy atom. The standard InChI is InChI=1S/C26H55O2PS2.Mo/c1-3-5-7-9-11-13-15-17-19-21-23-25-28-29(27,30)31-26-24-22-20-18-16-14-12-10-8-6-4-2;/h3-26H2,1-2H3,(H,27,30);/q;+1/p-1. The van der Waals surface area contributed by atoms with Crippen LogP contribution in [0.3, 0.4) is 0 Å². The van der Waals surface area contributed by atoms with Gasteiger partial charge in [0.25, 0.3) is 0 Å². The first kappa shape index (κ1) is 33.6. The van der Waals surface area contributed by atoms with Crippen molar-refractivity contribution >= 4 is 28.9 Å². The van der Waals surface area contributed by atoms with Crippen molar-refractivity contribution in [2.24, 2.45) is 0 Å². The molecule has 0 N–H and O–H groups in total. The maximum absolute atomic E-state index is 6.03. The van der Waals surface area contributed by atoms with E-state index < -0.39 is 5.69 Å². The van der Waals surface area contributed by atoms with E-state index in [9.17, 15) is 0 Å². The van der Waals surface area contributed by atoms with Crippen LogP contribution in [0.15, 0.2) is 0 Å². The van der Waals surface area contributed by atoms with Gasteiger partial charge in [-0.1, -0.05) is 52.4 Å². The fraction of sp³-hybridized carbons (Fsp3) is 1.00. The molecule has 0 radical (unpaired) electrons. The van der Waals surface area contributed by atoms with Crippen molar-refractivity contribution < 1.29 is 27.9 Å². The summed E-state index contributed by atoms with van der Waals surface area (Å²) in [5, 5.41) is 0. The Kier molecular flexibility index (Phi) is 28.6. The summed E-state index contributed by atoms with van der Waals surface area (Å²) in [6, 6.07) is 0. The topological polar surface area (TPSA) is 18.5 Å². The van der Waals surface area contributed by atoms with Crippen LogP contribution >= 0.6 is 17.1 Å². The van der Waals surface area contributed by atoms with Gasteiger partial charge in [0.2, 0.25) is 0 Å². The molecule has 0 heterocycles.